The molecule has 0 amide bonds. The van der Waals surface area contributed by atoms with Crippen LogP contribution in [0, 0.1) is 0 Å². The molecule has 4 heteroatoms. The number of halogens is 1. The Morgan fingerprint density at radius 1 is 1.47 bits per heavy atom. The number of hydrogen-bond acceptors (Lipinski definition) is 3. The van der Waals surface area contributed by atoms with Crippen LogP contribution >= 0.6 is 11.6 Å². The Morgan fingerprint density at radius 2 is 2.18 bits per heavy atom. The molecule has 0 aliphatic rings. The molecule has 1 aromatic carbocycles. The first-order valence-corrected chi connectivity index (χ1v) is 6.38. The van der Waals surface area contributed by atoms with E-state index in [0.29, 0.717) is 0 Å². The standard InChI is InChI=1S/C13H21ClN2O/c1-3-16(7-4-8-17)13-6-5-11(10(2)15)9-12(13)14/h5-6,9-10,17H,3-4,7-8,15H2,1-2H3/t10-/m1/s1. The summed E-state index contributed by atoms with van der Waals surface area (Å²) in [6.07, 6.45) is 0.749. The van der Waals surface area contributed by atoms with Crippen molar-refractivity contribution < 1.29 is 5.11 Å². The molecule has 0 heterocycles. The van der Waals surface area contributed by atoms with Gasteiger partial charge in [-0.3, -0.25) is 0 Å². The third-order valence-electron chi connectivity index (χ3n) is 2.81. The van der Waals surface area contributed by atoms with Gasteiger partial charge in [-0.15, -0.1) is 0 Å². The molecule has 0 unspecified atom stereocenters. The summed E-state index contributed by atoms with van der Waals surface area (Å²) in [4.78, 5) is 2.16. The van der Waals surface area contributed by atoms with E-state index in [9.17, 15) is 0 Å². The van der Waals surface area contributed by atoms with Crippen molar-refractivity contribution in [1.29, 1.82) is 0 Å². The minimum absolute atomic E-state index is 0.00549. The second kappa shape index (κ2) is 6.84. The molecule has 0 saturated heterocycles. The van der Waals surface area contributed by atoms with Crippen LogP contribution in [-0.4, -0.2) is 24.8 Å². The normalized spacial score (nSPS) is 12.5. The summed E-state index contributed by atoms with van der Waals surface area (Å²) in [6.45, 7) is 5.90. The van der Waals surface area contributed by atoms with Gasteiger partial charge in [-0.25, -0.2) is 0 Å². The van der Waals surface area contributed by atoms with Gasteiger partial charge in [-0.05, 0) is 38.0 Å². The van der Waals surface area contributed by atoms with Gasteiger partial charge in [0.1, 0.15) is 0 Å². The highest BCUT2D eigenvalue weighted by atomic mass is 35.5. The number of nitrogens with two attached hydrogens (primary N) is 1. The largest absolute Gasteiger partial charge is 0.396 e. The van der Waals surface area contributed by atoms with Crippen molar-refractivity contribution in [2.45, 2.75) is 26.3 Å². The number of aliphatic hydroxyl groups is 1. The Hall–Kier alpha value is -0.770. The smallest absolute Gasteiger partial charge is 0.0642 e. The number of aliphatic hydroxyl groups excluding tert-OH is 1. The van der Waals surface area contributed by atoms with Gasteiger partial charge >= 0.3 is 0 Å². The molecule has 17 heavy (non-hydrogen) atoms. The Balaban J connectivity index is 2.88. The molecule has 1 rings (SSSR count). The fraction of sp³-hybridized carbons (Fsp3) is 0.538. The molecule has 0 bridgehead atoms. The summed E-state index contributed by atoms with van der Waals surface area (Å²) >= 11 is 6.27. The Bertz CT molecular complexity index is 355. The number of nitrogens with zero attached hydrogens (tertiary/aromatic N) is 1. The van der Waals surface area contributed by atoms with Gasteiger partial charge in [0.05, 0.1) is 10.7 Å². The van der Waals surface area contributed by atoms with E-state index < -0.39 is 0 Å². The van der Waals surface area contributed by atoms with Crippen molar-refractivity contribution in [1.82, 2.24) is 0 Å². The molecular formula is C13H21ClN2O. The Labute approximate surface area is 108 Å². The van der Waals surface area contributed by atoms with E-state index >= 15 is 0 Å². The summed E-state index contributed by atoms with van der Waals surface area (Å²) in [5, 5.41) is 9.59. The first-order chi connectivity index (χ1) is 8.10. The summed E-state index contributed by atoms with van der Waals surface area (Å²) < 4.78 is 0. The van der Waals surface area contributed by atoms with Crippen LogP contribution in [0.3, 0.4) is 0 Å². The lowest BCUT2D eigenvalue weighted by Gasteiger charge is -2.24. The van der Waals surface area contributed by atoms with Gasteiger partial charge in [-0.2, -0.15) is 0 Å². The first-order valence-electron chi connectivity index (χ1n) is 6.01. The van der Waals surface area contributed by atoms with Gasteiger partial charge in [0.15, 0.2) is 0 Å². The zero-order valence-electron chi connectivity index (χ0n) is 10.5. The van der Waals surface area contributed by atoms with E-state index in [1.54, 1.807) is 0 Å². The fourth-order valence-electron chi connectivity index (χ4n) is 1.77. The Kier molecular flexibility index (Phi) is 5.75. The second-order valence-electron chi connectivity index (χ2n) is 4.16. The molecule has 0 aliphatic heterocycles. The minimum atomic E-state index is -0.00549. The van der Waals surface area contributed by atoms with Gasteiger partial charge in [0.25, 0.3) is 0 Å². The van der Waals surface area contributed by atoms with Crippen molar-refractivity contribution in [3.8, 4) is 0 Å². The quantitative estimate of drug-likeness (QED) is 0.823. The number of benzene rings is 1. The molecular weight excluding hydrogens is 236 g/mol. The van der Waals surface area contributed by atoms with Crippen LogP contribution in [0.5, 0.6) is 0 Å². The van der Waals surface area contributed by atoms with Crippen LogP contribution in [0.2, 0.25) is 5.02 Å². The van der Waals surface area contributed by atoms with Gasteiger partial charge < -0.3 is 15.7 Å². The molecule has 3 N–H and O–H groups in total. The number of anilines is 1. The summed E-state index contributed by atoms with van der Waals surface area (Å²) in [5.74, 6) is 0. The van der Waals surface area contributed by atoms with Crippen molar-refractivity contribution in [3.63, 3.8) is 0 Å². The summed E-state index contributed by atoms with van der Waals surface area (Å²) in [5.41, 5.74) is 7.86. The highest BCUT2D eigenvalue weighted by molar-refractivity contribution is 6.33. The van der Waals surface area contributed by atoms with E-state index in [0.717, 1.165) is 35.8 Å². The fourth-order valence-corrected chi connectivity index (χ4v) is 2.08. The monoisotopic (exact) mass is 256 g/mol. The maximum atomic E-state index is 8.87. The van der Waals surface area contributed by atoms with Gasteiger partial charge in [-0.1, -0.05) is 17.7 Å². The predicted octanol–water partition coefficient (Wildman–Crippen LogP) is 2.57. The van der Waals surface area contributed by atoms with Crippen LogP contribution in [0.15, 0.2) is 18.2 Å². The topological polar surface area (TPSA) is 49.5 Å². The van der Waals surface area contributed by atoms with Crippen LogP contribution in [0.4, 0.5) is 5.69 Å². The van der Waals surface area contributed by atoms with E-state index in [1.165, 1.54) is 0 Å². The lowest BCUT2D eigenvalue weighted by Crippen LogP contribution is -2.25. The van der Waals surface area contributed by atoms with Gasteiger partial charge in [0, 0.05) is 25.7 Å². The molecule has 0 fully saturated rings. The third-order valence-corrected chi connectivity index (χ3v) is 3.11. The number of rotatable bonds is 6. The molecule has 1 atom stereocenters. The maximum Gasteiger partial charge on any atom is 0.0642 e. The second-order valence-corrected chi connectivity index (χ2v) is 4.56. The van der Waals surface area contributed by atoms with Crippen molar-refractivity contribution in [3.05, 3.63) is 28.8 Å². The lowest BCUT2D eigenvalue weighted by molar-refractivity contribution is 0.289. The molecule has 0 radical (unpaired) electrons. The minimum Gasteiger partial charge on any atom is -0.396 e. The molecule has 0 aromatic heterocycles. The Morgan fingerprint density at radius 3 is 2.65 bits per heavy atom. The highest BCUT2D eigenvalue weighted by Gasteiger charge is 2.10. The predicted molar refractivity (Wildman–Crippen MR) is 73.6 cm³/mol. The van der Waals surface area contributed by atoms with Crippen molar-refractivity contribution in [2.24, 2.45) is 5.73 Å². The molecule has 96 valence electrons. The number of hydrogen-bond donors (Lipinski definition) is 2. The molecule has 0 saturated carbocycles. The first kappa shape index (κ1) is 14.3. The van der Waals surface area contributed by atoms with E-state index in [1.807, 2.05) is 25.1 Å². The zero-order chi connectivity index (χ0) is 12.8. The summed E-state index contributed by atoms with van der Waals surface area (Å²) in [6, 6.07) is 5.92. The van der Waals surface area contributed by atoms with Crippen LogP contribution in [0.25, 0.3) is 0 Å². The zero-order valence-corrected chi connectivity index (χ0v) is 11.2. The molecule has 0 aliphatic carbocycles. The average molecular weight is 257 g/mol. The van der Waals surface area contributed by atoms with Gasteiger partial charge in [0.2, 0.25) is 0 Å². The van der Waals surface area contributed by atoms with E-state index in [4.69, 9.17) is 22.4 Å². The van der Waals surface area contributed by atoms with E-state index in [2.05, 4.69) is 11.8 Å². The third kappa shape index (κ3) is 3.87. The average Bonchev–Trinajstić information content (AvgIpc) is 2.31. The van der Waals surface area contributed by atoms with Crippen molar-refractivity contribution >= 4 is 17.3 Å². The molecule has 3 nitrogen and oxygen atoms in total. The molecule has 1 aromatic rings. The molecule has 0 spiro atoms. The lowest BCUT2D eigenvalue weighted by atomic mass is 10.1. The SMILES string of the molecule is CCN(CCCO)c1ccc([C@@H](C)N)cc1Cl. The van der Waals surface area contributed by atoms with Crippen LogP contribution < -0.4 is 10.6 Å². The maximum absolute atomic E-state index is 8.87. The van der Waals surface area contributed by atoms with Crippen molar-refractivity contribution in [2.75, 3.05) is 24.6 Å². The van der Waals surface area contributed by atoms with Crippen LogP contribution in [-0.2, 0) is 0 Å². The summed E-state index contributed by atoms with van der Waals surface area (Å²) in [7, 11) is 0. The van der Waals surface area contributed by atoms with Crippen LogP contribution in [0.1, 0.15) is 31.9 Å². The highest BCUT2D eigenvalue weighted by Crippen LogP contribution is 2.28. The van der Waals surface area contributed by atoms with E-state index in [-0.39, 0.29) is 12.6 Å².